The number of carbonyl (C=O) groups excluding carboxylic acids is 1. The SMILES string of the molecule is CB(I)OC(=O)CC1CC(/C=C/c2c(C)nc3ccccc3c2-c2ccc(F)cc2)OC(C)(C)O1. The van der Waals surface area contributed by atoms with Gasteiger partial charge in [-0.25, -0.2) is 4.39 Å². The molecule has 2 atom stereocenters. The van der Waals surface area contributed by atoms with Crippen LogP contribution in [0.5, 0.6) is 0 Å². The van der Waals surface area contributed by atoms with Crippen molar-refractivity contribution < 1.29 is 23.3 Å². The van der Waals surface area contributed by atoms with Crippen molar-refractivity contribution >= 4 is 50.1 Å². The number of pyridine rings is 1. The van der Waals surface area contributed by atoms with Crippen LogP contribution >= 0.6 is 22.4 Å². The minimum absolute atomic E-state index is 0.169. The van der Waals surface area contributed by atoms with Gasteiger partial charge in [-0.05, 0) is 51.4 Å². The summed E-state index contributed by atoms with van der Waals surface area (Å²) in [6, 6.07) is 14.5. The summed E-state index contributed by atoms with van der Waals surface area (Å²) < 4.78 is 30.9. The molecule has 3 aromatic rings. The summed E-state index contributed by atoms with van der Waals surface area (Å²) >= 11 is 2.05. The molecule has 0 saturated carbocycles. The van der Waals surface area contributed by atoms with Crippen molar-refractivity contribution in [2.75, 3.05) is 0 Å². The van der Waals surface area contributed by atoms with E-state index in [9.17, 15) is 9.18 Å². The minimum atomic E-state index is -0.843. The van der Waals surface area contributed by atoms with Crippen molar-refractivity contribution in [1.82, 2.24) is 4.98 Å². The van der Waals surface area contributed by atoms with Gasteiger partial charge < -0.3 is 14.1 Å². The lowest BCUT2D eigenvalue weighted by Crippen LogP contribution is -2.44. The number of carbonyl (C=O) groups is 1. The Kier molecular flexibility index (Phi) is 7.93. The number of aryl methyl sites for hydroxylation is 1. The molecular weight excluding hydrogens is 559 g/mol. The van der Waals surface area contributed by atoms with Crippen LogP contribution in [0.25, 0.3) is 28.1 Å². The molecule has 8 heteroatoms. The standard InChI is InChI=1S/C27H28BFINO4/c1-17-22(14-13-20-15-21(34-27(2,3)33-20)16-25(32)35-28(4)30)26(18-9-11-19(29)12-10-18)23-7-5-6-8-24(23)31-17/h5-14,20-21H,15-16H2,1-4H3/b14-13+. The number of nitrogens with zero attached hydrogens (tertiary/aromatic N) is 1. The molecule has 0 bridgehead atoms. The minimum Gasteiger partial charge on any atom is -0.525 e. The lowest BCUT2D eigenvalue weighted by molar-refractivity contribution is -0.290. The number of fused-ring (bicyclic) bond motifs is 1. The molecule has 2 aromatic carbocycles. The number of benzene rings is 2. The van der Waals surface area contributed by atoms with E-state index in [0.717, 1.165) is 33.3 Å². The maximum atomic E-state index is 13.7. The Morgan fingerprint density at radius 3 is 2.66 bits per heavy atom. The molecular formula is C27H28BFINO4. The normalized spacial score (nSPS) is 19.7. The Morgan fingerprint density at radius 1 is 1.23 bits per heavy atom. The Hall–Kier alpha value is -2.30. The van der Waals surface area contributed by atoms with Crippen molar-refractivity contribution in [1.29, 1.82) is 0 Å². The second-order valence-corrected chi connectivity index (χ2v) is 10.9. The van der Waals surface area contributed by atoms with Crippen LogP contribution in [0.3, 0.4) is 0 Å². The van der Waals surface area contributed by atoms with Crippen LogP contribution in [0.2, 0.25) is 6.82 Å². The van der Waals surface area contributed by atoms with E-state index >= 15 is 0 Å². The Bertz CT molecular complexity index is 1250. The van der Waals surface area contributed by atoms with Gasteiger partial charge in [-0.15, -0.1) is 0 Å². The first-order valence-corrected chi connectivity index (χ1v) is 12.9. The van der Waals surface area contributed by atoms with Gasteiger partial charge in [0.05, 0.1) is 24.1 Å². The van der Waals surface area contributed by atoms with E-state index in [1.54, 1.807) is 12.1 Å². The first kappa shape index (κ1) is 25.8. The second-order valence-electron chi connectivity index (χ2n) is 9.14. The van der Waals surface area contributed by atoms with Gasteiger partial charge in [0.25, 0.3) is 5.97 Å². The fourth-order valence-corrected chi connectivity index (χ4v) is 4.78. The number of hydrogen-bond donors (Lipinski definition) is 0. The summed E-state index contributed by atoms with van der Waals surface area (Å²) in [5.74, 6) is -1.41. The van der Waals surface area contributed by atoms with E-state index in [1.165, 1.54) is 12.1 Å². The lowest BCUT2D eigenvalue weighted by Gasteiger charge is -2.39. The van der Waals surface area contributed by atoms with Crippen LogP contribution in [0.1, 0.15) is 37.9 Å². The molecule has 2 unspecified atom stereocenters. The number of ether oxygens (including phenoxy) is 2. The van der Waals surface area contributed by atoms with Gasteiger partial charge in [0.1, 0.15) is 5.82 Å². The fraction of sp³-hybridized carbons (Fsp3) is 0.333. The second kappa shape index (κ2) is 10.8. The van der Waals surface area contributed by atoms with Crippen LogP contribution in [-0.2, 0) is 18.9 Å². The summed E-state index contributed by atoms with van der Waals surface area (Å²) in [5.41, 5.74) is 4.59. The van der Waals surface area contributed by atoms with Crippen molar-refractivity contribution in [2.24, 2.45) is 0 Å². The predicted molar refractivity (Wildman–Crippen MR) is 146 cm³/mol. The topological polar surface area (TPSA) is 57.7 Å². The van der Waals surface area contributed by atoms with E-state index in [1.807, 2.05) is 64.0 Å². The molecule has 35 heavy (non-hydrogen) atoms. The van der Waals surface area contributed by atoms with Gasteiger partial charge in [-0.1, -0.05) is 64.9 Å². The van der Waals surface area contributed by atoms with E-state index in [0.29, 0.717) is 6.42 Å². The molecule has 1 aliphatic heterocycles. The maximum Gasteiger partial charge on any atom is 0.428 e. The summed E-state index contributed by atoms with van der Waals surface area (Å²) in [7, 11) is 0. The zero-order valence-electron chi connectivity index (χ0n) is 20.3. The summed E-state index contributed by atoms with van der Waals surface area (Å²) in [4.78, 5) is 17.0. The highest BCUT2D eigenvalue weighted by Gasteiger charge is 2.36. The van der Waals surface area contributed by atoms with Gasteiger partial charge in [-0.3, -0.25) is 9.78 Å². The first-order valence-electron chi connectivity index (χ1n) is 11.6. The van der Waals surface area contributed by atoms with Crippen LogP contribution in [0.4, 0.5) is 4.39 Å². The molecule has 1 fully saturated rings. The molecule has 5 nitrogen and oxygen atoms in total. The number of hydrogen-bond acceptors (Lipinski definition) is 5. The van der Waals surface area contributed by atoms with E-state index in [4.69, 9.17) is 19.1 Å². The lowest BCUT2D eigenvalue weighted by atomic mass is 9.93. The molecule has 0 aliphatic carbocycles. The third-order valence-electron chi connectivity index (χ3n) is 5.80. The number of para-hydroxylation sites is 1. The zero-order chi connectivity index (χ0) is 25.2. The number of aromatic nitrogens is 1. The Morgan fingerprint density at radius 2 is 1.94 bits per heavy atom. The molecule has 0 amide bonds. The molecule has 2 heterocycles. The molecule has 1 aliphatic rings. The van der Waals surface area contributed by atoms with E-state index in [2.05, 4.69) is 22.4 Å². The van der Waals surface area contributed by atoms with E-state index < -0.39 is 5.79 Å². The molecule has 0 spiro atoms. The number of halogens is 2. The molecule has 1 saturated heterocycles. The third kappa shape index (κ3) is 6.48. The van der Waals surface area contributed by atoms with Crippen LogP contribution in [0.15, 0.2) is 54.6 Å². The third-order valence-corrected chi connectivity index (χ3v) is 6.05. The molecule has 182 valence electrons. The Labute approximate surface area is 219 Å². The van der Waals surface area contributed by atoms with Crippen LogP contribution in [0, 0.1) is 12.7 Å². The largest absolute Gasteiger partial charge is 0.525 e. The molecule has 0 N–H and O–H groups in total. The summed E-state index contributed by atoms with van der Waals surface area (Å²) in [6.45, 7) is 7.48. The van der Waals surface area contributed by atoms with Crippen LogP contribution in [-0.4, -0.2) is 33.7 Å². The summed E-state index contributed by atoms with van der Waals surface area (Å²) in [5, 5.41) is 0.992. The Balaban J connectivity index is 1.68. The van der Waals surface area contributed by atoms with Crippen molar-refractivity contribution in [2.45, 2.75) is 58.4 Å². The molecule has 4 rings (SSSR count). The summed E-state index contributed by atoms with van der Waals surface area (Å²) in [6.07, 6.45) is 4.12. The predicted octanol–water partition coefficient (Wildman–Crippen LogP) is 6.76. The quantitative estimate of drug-likeness (QED) is 0.236. The van der Waals surface area contributed by atoms with Crippen LogP contribution < -0.4 is 0 Å². The van der Waals surface area contributed by atoms with Crippen molar-refractivity contribution in [3.63, 3.8) is 0 Å². The monoisotopic (exact) mass is 587 g/mol. The van der Waals surface area contributed by atoms with Gasteiger partial charge in [0.15, 0.2) is 5.79 Å². The van der Waals surface area contributed by atoms with Gasteiger partial charge >= 0.3 is 4.77 Å². The maximum absolute atomic E-state index is 13.7. The number of rotatable bonds is 6. The highest BCUT2D eigenvalue weighted by Crippen LogP contribution is 2.35. The highest BCUT2D eigenvalue weighted by molar-refractivity contribution is 14.1. The van der Waals surface area contributed by atoms with Crippen molar-refractivity contribution in [3.05, 3.63) is 71.7 Å². The smallest absolute Gasteiger partial charge is 0.428 e. The zero-order valence-corrected chi connectivity index (χ0v) is 22.4. The molecule has 1 aromatic heterocycles. The van der Waals surface area contributed by atoms with Gasteiger partial charge in [-0.2, -0.15) is 0 Å². The average molecular weight is 587 g/mol. The fourth-order valence-electron chi connectivity index (χ4n) is 4.49. The van der Waals surface area contributed by atoms with Gasteiger partial charge in [0, 0.05) is 28.6 Å². The highest BCUT2D eigenvalue weighted by atomic mass is 127. The molecule has 0 radical (unpaired) electrons. The first-order chi connectivity index (χ1) is 16.6. The average Bonchev–Trinajstić information content (AvgIpc) is 2.76. The van der Waals surface area contributed by atoms with Crippen molar-refractivity contribution in [3.8, 4) is 11.1 Å². The van der Waals surface area contributed by atoms with Gasteiger partial charge in [0.2, 0.25) is 0 Å². The van der Waals surface area contributed by atoms with E-state index in [-0.39, 0.29) is 35.2 Å².